The van der Waals surface area contributed by atoms with E-state index in [2.05, 4.69) is 15.0 Å². The topological polar surface area (TPSA) is 38.7 Å². The van der Waals surface area contributed by atoms with Gasteiger partial charge in [0.05, 0.1) is 38.4 Å². The Bertz CT molecular complexity index is 4080. The first-order valence-electron chi connectivity index (χ1n) is 28.3. The maximum atomic E-state index is 9.70. The van der Waals surface area contributed by atoms with E-state index in [4.69, 9.17) is 31.5 Å². The van der Waals surface area contributed by atoms with Crippen LogP contribution in [0, 0.1) is 6.92 Å². The average Bonchev–Trinajstić information content (AvgIpc) is 3.49. The minimum Gasteiger partial charge on any atom is -0.208 e. The van der Waals surface area contributed by atoms with Crippen LogP contribution in [0.5, 0.6) is 0 Å². The van der Waals surface area contributed by atoms with Gasteiger partial charge in [0.25, 0.3) is 0 Å². The molecule has 0 unspecified atom stereocenters. The van der Waals surface area contributed by atoms with E-state index in [0.29, 0.717) is 0 Å². The van der Waals surface area contributed by atoms with Crippen molar-refractivity contribution in [1.29, 1.82) is 0 Å². The van der Waals surface area contributed by atoms with Gasteiger partial charge in [0.15, 0.2) is 17.5 Å². The lowest BCUT2D eigenvalue weighted by Gasteiger charge is -2.13. The minimum absolute atomic E-state index is 0.104. The van der Waals surface area contributed by atoms with Gasteiger partial charge in [0.1, 0.15) is 0 Å². The monoisotopic (exact) mass is 653 g/mol. The predicted octanol–water partition coefficient (Wildman–Crippen LogP) is 12.0. The molecule has 0 aliphatic carbocycles. The van der Waals surface area contributed by atoms with Crippen LogP contribution in [0.4, 0.5) is 0 Å². The molecule has 0 aliphatic heterocycles. The van der Waals surface area contributed by atoms with Crippen molar-refractivity contribution in [1.82, 2.24) is 15.0 Å². The summed E-state index contributed by atoms with van der Waals surface area (Å²) in [6.07, 6.45) is 0. The third kappa shape index (κ3) is 5.32. The second-order valence-electron chi connectivity index (χ2n) is 10.3. The van der Waals surface area contributed by atoms with Crippen molar-refractivity contribution in [2.75, 3.05) is 0 Å². The first kappa shape index (κ1) is 11.9. The molecule has 8 aromatic carbocycles. The van der Waals surface area contributed by atoms with Crippen LogP contribution in [0.2, 0.25) is 0 Å². The highest BCUT2D eigenvalue weighted by atomic mass is 15.0. The average molecular weight is 654 g/mol. The van der Waals surface area contributed by atoms with Crippen molar-refractivity contribution < 1.29 is 38.4 Å². The molecule has 0 bridgehead atoms. The van der Waals surface area contributed by atoms with Crippen LogP contribution in [-0.4, -0.2) is 15.0 Å². The molecule has 230 valence electrons. The van der Waals surface area contributed by atoms with Crippen molar-refractivity contribution in [3.05, 3.63) is 175 Å². The molecule has 0 radical (unpaired) electrons. The molecule has 49 heavy (non-hydrogen) atoms. The van der Waals surface area contributed by atoms with Crippen molar-refractivity contribution in [3.8, 4) is 56.4 Å². The van der Waals surface area contributed by atoms with E-state index >= 15 is 0 Å². The Morgan fingerprint density at radius 1 is 0.306 bits per heavy atom. The molecule has 0 aliphatic rings. The lowest BCUT2D eigenvalue weighted by Crippen LogP contribution is -2.00. The standard InChI is InChI=1S/C46H31N3/c1-30-21-23-32(24-22-30)45-47-44(31-11-3-2-4-12-31)48-46(49-45)37-16-10-15-35(28-37)33-13-9-14-34(27-33)36-25-26-42-40-19-6-5-17-38(40)39-18-7-8-20-41(39)43(42)29-36/h2-29H,1H3/i2D,3D,4D,5D,6D,7D,8D,9D,10D,11D,12D,13D,14D,15D,16D,17D,18D,19D,20D,21D,22D,23D,24D,25D,26D,27D,28D,29D. The Labute approximate surface area is 324 Å². The molecular formula is C46H31N3. The van der Waals surface area contributed by atoms with Crippen LogP contribution < -0.4 is 0 Å². The van der Waals surface area contributed by atoms with Gasteiger partial charge in [-0.3, -0.25) is 0 Å². The first-order chi connectivity index (χ1) is 35.9. The van der Waals surface area contributed by atoms with Gasteiger partial charge in [-0.05, 0) is 79.6 Å². The maximum Gasteiger partial charge on any atom is 0.164 e. The number of hydrogen-bond acceptors (Lipinski definition) is 3. The number of aromatic nitrogens is 3. The molecule has 3 heteroatoms. The molecule has 1 aromatic heterocycles. The van der Waals surface area contributed by atoms with Gasteiger partial charge in [-0.15, -0.1) is 0 Å². The lowest BCUT2D eigenvalue weighted by molar-refractivity contribution is 1.07. The highest BCUT2D eigenvalue weighted by molar-refractivity contribution is 6.25. The zero-order chi connectivity index (χ0) is 57.1. The lowest BCUT2D eigenvalue weighted by atomic mass is 9.91. The molecule has 0 saturated carbocycles. The zero-order valence-electron chi connectivity index (χ0n) is 52.8. The van der Waals surface area contributed by atoms with Gasteiger partial charge in [-0.2, -0.15) is 0 Å². The molecule has 9 aromatic rings. The number of nitrogens with zero attached hydrogens (tertiary/aromatic N) is 3. The second kappa shape index (κ2) is 12.0. The summed E-state index contributed by atoms with van der Waals surface area (Å²) in [7, 11) is 0. The van der Waals surface area contributed by atoms with E-state index in [0.717, 1.165) is 0 Å². The Kier molecular flexibility index (Phi) is 2.91. The summed E-state index contributed by atoms with van der Waals surface area (Å²) in [5, 5.41) is -3.21. The zero-order valence-corrected chi connectivity index (χ0v) is 24.8. The summed E-state index contributed by atoms with van der Waals surface area (Å²) >= 11 is 0. The van der Waals surface area contributed by atoms with E-state index in [1.54, 1.807) is 0 Å². The Hall–Kier alpha value is -6.45. The van der Waals surface area contributed by atoms with Gasteiger partial charge in [-0.1, -0.05) is 157 Å². The van der Waals surface area contributed by atoms with Gasteiger partial charge >= 0.3 is 0 Å². The number of hydrogen-bond donors (Lipinski definition) is 0. The van der Waals surface area contributed by atoms with E-state index < -0.39 is 258 Å². The van der Waals surface area contributed by atoms with Crippen LogP contribution in [0.25, 0.3) is 88.7 Å². The highest BCUT2D eigenvalue weighted by Gasteiger charge is 2.14. The van der Waals surface area contributed by atoms with Crippen molar-refractivity contribution >= 4 is 32.3 Å². The molecule has 0 N–H and O–H groups in total. The fourth-order valence-electron chi connectivity index (χ4n) is 5.02. The molecule has 0 atom stereocenters. The van der Waals surface area contributed by atoms with Crippen LogP contribution >= 0.6 is 0 Å². The van der Waals surface area contributed by atoms with Gasteiger partial charge in [0, 0.05) is 16.7 Å². The highest BCUT2D eigenvalue weighted by Crippen LogP contribution is 2.38. The summed E-state index contributed by atoms with van der Waals surface area (Å²) in [5.74, 6) is -2.44. The smallest absolute Gasteiger partial charge is 0.164 e. The van der Waals surface area contributed by atoms with Crippen molar-refractivity contribution in [2.24, 2.45) is 0 Å². The molecule has 9 rings (SSSR count). The summed E-state index contributed by atoms with van der Waals surface area (Å²) in [6, 6.07) is -25.0. The molecule has 0 amide bonds. The second-order valence-corrected chi connectivity index (χ2v) is 10.3. The molecule has 0 spiro atoms. The summed E-state index contributed by atoms with van der Waals surface area (Å²) < 4.78 is 249. The van der Waals surface area contributed by atoms with Crippen LogP contribution in [-0.2, 0) is 0 Å². The quantitative estimate of drug-likeness (QED) is 0.174. The Morgan fingerprint density at radius 2 is 0.673 bits per heavy atom. The Balaban J connectivity index is 1.43. The Morgan fingerprint density at radius 3 is 1.24 bits per heavy atom. The fourth-order valence-corrected chi connectivity index (χ4v) is 5.02. The molecule has 0 fully saturated rings. The third-order valence-corrected chi connectivity index (χ3v) is 7.24. The van der Waals surface area contributed by atoms with E-state index in [1.165, 1.54) is 6.92 Å². The van der Waals surface area contributed by atoms with Gasteiger partial charge in [-0.25, -0.2) is 15.0 Å². The SMILES string of the molecule is [2H]c1c([2H])c([2H])c(-c2nc(-c3c([2H])c([2H])c(C)c([2H])c3[2H])nc(-c3c([2H])c([2H])c([2H])c(-c4c([2H])c([2H])c([2H])c(-c5c([2H])c([2H])c6c7c([2H])c([2H])c([2H])c([2H])c7c7c([2H])c([2H])c([2H])c([2H])c7c6c5[2H])c4[2H])c3[2H])n2)c([2H])c1[2H]. The first-order valence-corrected chi connectivity index (χ1v) is 14.3. The number of rotatable bonds is 5. The predicted molar refractivity (Wildman–Crippen MR) is 204 cm³/mol. The summed E-state index contributed by atoms with van der Waals surface area (Å²) in [4.78, 5) is 12.8. The largest absolute Gasteiger partial charge is 0.208 e. The molecule has 1 heterocycles. The van der Waals surface area contributed by atoms with E-state index in [9.17, 15) is 6.85 Å². The summed E-state index contributed by atoms with van der Waals surface area (Å²) in [6.45, 7) is 1.29. The normalized spacial score (nSPS) is 19.4. The maximum absolute atomic E-state index is 9.70. The fraction of sp³-hybridized carbons (Fsp3) is 0.0217. The van der Waals surface area contributed by atoms with E-state index in [1.807, 2.05) is 0 Å². The molecular weight excluding hydrogens is 595 g/mol. The minimum atomic E-state index is -1.10. The van der Waals surface area contributed by atoms with Crippen LogP contribution in [0.3, 0.4) is 0 Å². The van der Waals surface area contributed by atoms with Crippen LogP contribution in [0.1, 0.15) is 43.9 Å². The van der Waals surface area contributed by atoms with Crippen molar-refractivity contribution in [2.45, 2.75) is 6.92 Å². The van der Waals surface area contributed by atoms with Gasteiger partial charge in [0.2, 0.25) is 0 Å². The molecule has 0 saturated heterocycles. The molecule has 3 nitrogen and oxygen atoms in total. The van der Waals surface area contributed by atoms with Gasteiger partial charge < -0.3 is 0 Å². The van der Waals surface area contributed by atoms with Crippen LogP contribution in [0.15, 0.2) is 169 Å². The third-order valence-electron chi connectivity index (χ3n) is 7.24. The van der Waals surface area contributed by atoms with E-state index in [-0.39, 0.29) is 5.56 Å². The van der Waals surface area contributed by atoms with Crippen molar-refractivity contribution in [3.63, 3.8) is 0 Å². The number of benzene rings is 8. The number of fused-ring (bicyclic) bond motifs is 6. The summed E-state index contributed by atoms with van der Waals surface area (Å²) in [5.41, 5.74) is -5.89.